The van der Waals surface area contributed by atoms with Gasteiger partial charge in [-0.1, -0.05) is 6.07 Å². The summed E-state index contributed by atoms with van der Waals surface area (Å²) in [6.45, 7) is 2.54. The van der Waals surface area contributed by atoms with E-state index < -0.39 is 0 Å². The summed E-state index contributed by atoms with van der Waals surface area (Å²) < 4.78 is 6.41. The fourth-order valence-electron chi connectivity index (χ4n) is 7.33. The number of rotatable bonds is 4. The fourth-order valence-corrected chi connectivity index (χ4v) is 8.88. The van der Waals surface area contributed by atoms with Gasteiger partial charge in [0.15, 0.2) is 0 Å². The molecule has 0 radical (unpaired) electrons. The highest BCUT2D eigenvalue weighted by molar-refractivity contribution is 8.01. The molecule has 4 saturated carbocycles. The normalized spacial score (nSPS) is 40.1. The van der Waals surface area contributed by atoms with E-state index in [1.807, 2.05) is 24.0 Å². The lowest BCUT2D eigenvalue weighted by Gasteiger charge is -2.59. The van der Waals surface area contributed by atoms with Crippen LogP contribution in [0.25, 0.3) is 0 Å². The molecule has 7 rings (SSSR count). The van der Waals surface area contributed by atoms with Crippen molar-refractivity contribution in [2.24, 2.45) is 23.2 Å². The summed E-state index contributed by atoms with van der Waals surface area (Å²) >= 11 is 2.04. The number of pyridine rings is 1. The van der Waals surface area contributed by atoms with Gasteiger partial charge < -0.3 is 9.64 Å². The topological polar surface area (TPSA) is 42.4 Å². The Morgan fingerprint density at radius 1 is 1.14 bits per heavy atom. The van der Waals surface area contributed by atoms with Crippen LogP contribution < -0.4 is 0 Å². The van der Waals surface area contributed by atoms with Crippen molar-refractivity contribution in [3.8, 4) is 0 Å². The molecule has 150 valence electrons. The predicted octanol–water partition coefficient (Wildman–Crippen LogP) is 3.90. The number of likely N-dealkylation sites (tertiary alicyclic amines) is 1. The van der Waals surface area contributed by atoms with Crippen LogP contribution in [0.2, 0.25) is 0 Å². The van der Waals surface area contributed by atoms with Gasteiger partial charge in [0, 0.05) is 31.2 Å². The number of hydrogen-bond acceptors (Lipinski definition) is 4. The van der Waals surface area contributed by atoms with Crippen LogP contribution in [-0.2, 0) is 16.1 Å². The van der Waals surface area contributed by atoms with E-state index in [0.29, 0.717) is 18.6 Å². The second kappa shape index (κ2) is 6.46. The third kappa shape index (κ3) is 2.92. The average molecular weight is 399 g/mol. The Morgan fingerprint density at radius 3 is 2.50 bits per heavy atom. The van der Waals surface area contributed by atoms with E-state index in [0.717, 1.165) is 48.6 Å². The molecule has 28 heavy (non-hydrogen) atoms. The molecule has 1 aromatic rings. The van der Waals surface area contributed by atoms with Crippen LogP contribution in [0.3, 0.4) is 0 Å². The minimum absolute atomic E-state index is 0.0237. The lowest BCUT2D eigenvalue weighted by atomic mass is 9.49. The van der Waals surface area contributed by atoms with Crippen LogP contribution in [0, 0.1) is 23.2 Å². The van der Waals surface area contributed by atoms with E-state index in [9.17, 15) is 4.79 Å². The van der Waals surface area contributed by atoms with Crippen molar-refractivity contribution in [3.05, 3.63) is 30.1 Å². The van der Waals surface area contributed by atoms with Crippen molar-refractivity contribution in [2.75, 3.05) is 18.8 Å². The van der Waals surface area contributed by atoms with Gasteiger partial charge in [-0.2, -0.15) is 0 Å². The summed E-state index contributed by atoms with van der Waals surface area (Å²) in [5, 5.41) is 0. The number of hydrogen-bond donors (Lipinski definition) is 0. The molecule has 4 aliphatic carbocycles. The maximum absolute atomic E-state index is 13.5. The molecule has 0 N–H and O–H groups in total. The monoisotopic (exact) mass is 398 g/mol. The van der Waals surface area contributed by atoms with Crippen molar-refractivity contribution >= 4 is 17.7 Å². The van der Waals surface area contributed by atoms with Crippen LogP contribution in [0.1, 0.15) is 50.5 Å². The highest BCUT2D eigenvalue weighted by Gasteiger charge is 2.59. The molecule has 6 fully saturated rings. The van der Waals surface area contributed by atoms with E-state index in [1.54, 1.807) is 6.20 Å². The number of carbonyl (C=O) groups is 1. The lowest BCUT2D eigenvalue weighted by Crippen LogP contribution is -2.65. The molecule has 2 saturated heterocycles. The third-order valence-electron chi connectivity index (χ3n) is 8.12. The SMILES string of the molecule is O=C(N1CC2(C[C@H](OCc3cccnc3)CS2)C1)C12CC3CC(CC(C3)C1)C2. The van der Waals surface area contributed by atoms with E-state index in [2.05, 4.69) is 16.0 Å². The van der Waals surface area contributed by atoms with E-state index in [1.165, 1.54) is 38.5 Å². The van der Waals surface area contributed by atoms with Gasteiger partial charge in [-0.15, -0.1) is 11.8 Å². The maximum Gasteiger partial charge on any atom is 0.228 e. The Bertz CT molecular complexity index is 726. The molecular formula is C23H30N2O2S. The Kier molecular flexibility index (Phi) is 4.10. The molecular weight excluding hydrogens is 368 g/mol. The summed E-state index contributed by atoms with van der Waals surface area (Å²) in [6.07, 6.45) is 12.8. The van der Waals surface area contributed by atoms with E-state index in [-0.39, 0.29) is 10.2 Å². The molecule has 1 amide bonds. The molecule has 4 nitrogen and oxygen atoms in total. The number of nitrogens with zero attached hydrogens (tertiary/aromatic N) is 2. The zero-order valence-corrected chi connectivity index (χ0v) is 17.3. The van der Waals surface area contributed by atoms with Crippen LogP contribution in [0.5, 0.6) is 0 Å². The number of carbonyl (C=O) groups excluding carboxylic acids is 1. The first kappa shape index (κ1) is 17.8. The van der Waals surface area contributed by atoms with Crippen LogP contribution in [-0.4, -0.2) is 45.5 Å². The summed E-state index contributed by atoms with van der Waals surface area (Å²) in [5.74, 6) is 4.10. The molecule has 1 spiro atoms. The number of aromatic nitrogens is 1. The second-order valence-electron chi connectivity index (χ2n) is 10.4. The first-order chi connectivity index (χ1) is 13.6. The zero-order valence-electron chi connectivity index (χ0n) is 16.5. The smallest absolute Gasteiger partial charge is 0.228 e. The third-order valence-corrected chi connectivity index (χ3v) is 9.70. The standard InChI is InChI=1S/C23H30N2O2S/c26-21(22-7-17-4-18(8-22)6-19(5-17)9-22)25-14-23(15-25)10-20(13-28-23)27-12-16-2-1-3-24-11-16/h1-3,11,17-20H,4-10,12-15H2/t17?,18?,19?,20-,22?/m0/s1. The quantitative estimate of drug-likeness (QED) is 0.771. The molecule has 3 heterocycles. The first-order valence-corrected chi connectivity index (χ1v) is 12.0. The van der Waals surface area contributed by atoms with Crippen molar-refractivity contribution in [3.63, 3.8) is 0 Å². The van der Waals surface area contributed by atoms with Gasteiger partial charge in [-0.3, -0.25) is 9.78 Å². The van der Waals surface area contributed by atoms with Gasteiger partial charge >= 0.3 is 0 Å². The van der Waals surface area contributed by atoms with Gasteiger partial charge in [0.2, 0.25) is 5.91 Å². The first-order valence-electron chi connectivity index (χ1n) is 11.1. The van der Waals surface area contributed by atoms with Gasteiger partial charge in [0.25, 0.3) is 0 Å². The van der Waals surface area contributed by atoms with E-state index >= 15 is 0 Å². The average Bonchev–Trinajstić information content (AvgIpc) is 3.09. The van der Waals surface area contributed by atoms with Crippen molar-refractivity contribution < 1.29 is 9.53 Å². The molecule has 0 aromatic carbocycles. The fraction of sp³-hybridized carbons (Fsp3) is 0.739. The van der Waals surface area contributed by atoms with Crippen molar-refractivity contribution in [2.45, 2.75) is 62.4 Å². The highest BCUT2D eigenvalue weighted by atomic mass is 32.2. The van der Waals surface area contributed by atoms with Crippen molar-refractivity contribution in [1.29, 1.82) is 0 Å². The Morgan fingerprint density at radius 2 is 1.86 bits per heavy atom. The summed E-state index contributed by atoms with van der Waals surface area (Å²) in [7, 11) is 0. The minimum Gasteiger partial charge on any atom is -0.373 e. The molecule has 2 aliphatic heterocycles. The predicted molar refractivity (Wildman–Crippen MR) is 110 cm³/mol. The van der Waals surface area contributed by atoms with Gasteiger partial charge in [0.05, 0.1) is 22.9 Å². The number of ether oxygens (including phenoxy) is 1. The number of thioether (sulfide) groups is 1. The molecule has 6 aliphatic rings. The summed E-state index contributed by atoms with van der Waals surface area (Å²) in [4.78, 5) is 19.9. The largest absolute Gasteiger partial charge is 0.373 e. The van der Waals surface area contributed by atoms with Gasteiger partial charge in [0.1, 0.15) is 0 Å². The molecule has 1 atom stereocenters. The zero-order chi connectivity index (χ0) is 18.8. The highest BCUT2D eigenvalue weighted by Crippen LogP contribution is 2.61. The summed E-state index contributed by atoms with van der Waals surface area (Å²) in [6, 6.07) is 4.03. The minimum atomic E-state index is 0.0237. The van der Waals surface area contributed by atoms with Gasteiger partial charge in [-0.05, 0) is 74.3 Å². The molecule has 1 aromatic heterocycles. The van der Waals surface area contributed by atoms with Gasteiger partial charge in [-0.25, -0.2) is 0 Å². The lowest BCUT2D eigenvalue weighted by molar-refractivity contribution is -0.163. The van der Waals surface area contributed by atoms with Crippen LogP contribution in [0.15, 0.2) is 24.5 Å². The summed E-state index contributed by atoms with van der Waals surface area (Å²) in [5.41, 5.74) is 1.16. The Labute approximate surface area is 171 Å². The van der Waals surface area contributed by atoms with Crippen LogP contribution >= 0.6 is 11.8 Å². The van der Waals surface area contributed by atoms with E-state index in [4.69, 9.17) is 4.74 Å². The number of amides is 1. The van der Waals surface area contributed by atoms with Crippen molar-refractivity contribution in [1.82, 2.24) is 9.88 Å². The molecule has 5 heteroatoms. The Hall–Kier alpha value is -1.07. The molecule has 0 unspecified atom stereocenters. The Balaban J connectivity index is 1.05. The maximum atomic E-state index is 13.5. The molecule has 4 bridgehead atoms. The van der Waals surface area contributed by atoms with Crippen LogP contribution in [0.4, 0.5) is 0 Å². The second-order valence-corrected chi connectivity index (χ2v) is 11.8.